The van der Waals surface area contributed by atoms with Gasteiger partial charge in [-0.05, 0) is 44.5 Å². The molecule has 0 saturated heterocycles. The SMILES string of the molecule is CCNC(=NCc1ccnc2ccccc12)NCCN(C)C1CCCC1. The molecule has 5 heteroatoms. The summed E-state index contributed by atoms with van der Waals surface area (Å²) in [6.45, 7) is 5.57. The molecule has 2 N–H and O–H groups in total. The maximum absolute atomic E-state index is 4.78. The van der Waals surface area contributed by atoms with Gasteiger partial charge in [0.2, 0.25) is 0 Å². The third-order valence-electron chi connectivity index (χ3n) is 5.20. The molecule has 1 aromatic carbocycles. The summed E-state index contributed by atoms with van der Waals surface area (Å²) in [6, 6.07) is 11.1. The van der Waals surface area contributed by atoms with Crippen molar-refractivity contribution in [2.24, 2.45) is 4.99 Å². The highest BCUT2D eigenvalue weighted by Gasteiger charge is 2.18. The number of aliphatic imine (C=N–C) groups is 1. The lowest BCUT2D eigenvalue weighted by Crippen LogP contribution is -2.42. The van der Waals surface area contributed by atoms with Crippen LogP contribution in [0.2, 0.25) is 0 Å². The number of likely N-dealkylation sites (N-methyl/N-ethyl adjacent to an activating group) is 1. The van der Waals surface area contributed by atoms with E-state index in [1.165, 1.54) is 36.6 Å². The van der Waals surface area contributed by atoms with E-state index in [1.807, 2.05) is 18.3 Å². The van der Waals surface area contributed by atoms with E-state index >= 15 is 0 Å². The summed E-state index contributed by atoms with van der Waals surface area (Å²) in [5.74, 6) is 0.883. The van der Waals surface area contributed by atoms with Crippen molar-refractivity contribution in [2.75, 3.05) is 26.7 Å². The minimum absolute atomic E-state index is 0.650. The van der Waals surface area contributed by atoms with E-state index in [9.17, 15) is 0 Å². The first-order valence-corrected chi connectivity index (χ1v) is 9.83. The fourth-order valence-corrected chi connectivity index (χ4v) is 3.68. The number of pyridine rings is 1. The molecule has 2 aromatic rings. The number of guanidine groups is 1. The Morgan fingerprint density at radius 3 is 2.81 bits per heavy atom. The molecule has 1 saturated carbocycles. The largest absolute Gasteiger partial charge is 0.357 e. The number of fused-ring (bicyclic) bond motifs is 1. The monoisotopic (exact) mass is 353 g/mol. The first kappa shape index (κ1) is 18.6. The topological polar surface area (TPSA) is 52.6 Å². The molecule has 1 aliphatic rings. The zero-order chi connectivity index (χ0) is 18.2. The smallest absolute Gasteiger partial charge is 0.191 e. The van der Waals surface area contributed by atoms with Crippen molar-refractivity contribution < 1.29 is 0 Å². The standard InChI is InChI=1S/C21H31N5/c1-3-22-21(24-14-15-26(2)18-8-4-5-9-18)25-16-17-12-13-23-20-11-7-6-10-19(17)20/h6-7,10-13,18H,3-5,8-9,14-16H2,1-2H3,(H2,22,24,25). The molecule has 0 amide bonds. The van der Waals surface area contributed by atoms with Crippen molar-refractivity contribution in [2.45, 2.75) is 45.2 Å². The Kier molecular flexibility index (Phi) is 6.83. The van der Waals surface area contributed by atoms with Gasteiger partial charge in [0.1, 0.15) is 0 Å². The van der Waals surface area contributed by atoms with Gasteiger partial charge in [-0.15, -0.1) is 0 Å². The van der Waals surface area contributed by atoms with Crippen LogP contribution >= 0.6 is 0 Å². The highest BCUT2D eigenvalue weighted by atomic mass is 15.2. The summed E-state index contributed by atoms with van der Waals surface area (Å²) in [4.78, 5) is 11.7. The Morgan fingerprint density at radius 1 is 1.19 bits per heavy atom. The number of rotatable bonds is 7. The minimum Gasteiger partial charge on any atom is -0.357 e. The van der Waals surface area contributed by atoms with Crippen molar-refractivity contribution in [3.05, 3.63) is 42.1 Å². The van der Waals surface area contributed by atoms with Crippen LogP contribution in [0.3, 0.4) is 0 Å². The van der Waals surface area contributed by atoms with Crippen LogP contribution < -0.4 is 10.6 Å². The zero-order valence-electron chi connectivity index (χ0n) is 16.0. The van der Waals surface area contributed by atoms with E-state index in [0.717, 1.165) is 37.2 Å². The average molecular weight is 354 g/mol. The predicted octanol–water partition coefficient (Wildman–Crippen LogP) is 3.16. The third-order valence-corrected chi connectivity index (χ3v) is 5.20. The number of nitrogens with zero attached hydrogens (tertiary/aromatic N) is 3. The van der Waals surface area contributed by atoms with Gasteiger partial charge < -0.3 is 15.5 Å². The van der Waals surface area contributed by atoms with Crippen LogP contribution in [0.1, 0.15) is 38.2 Å². The molecule has 1 fully saturated rings. The number of nitrogens with one attached hydrogen (secondary N) is 2. The zero-order valence-corrected chi connectivity index (χ0v) is 16.0. The number of hydrogen-bond acceptors (Lipinski definition) is 3. The van der Waals surface area contributed by atoms with Gasteiger partial charge >= 0.3 is 0 Å². The predicted molar refractivity (Wildman–Crippen MR) is 109 cm³/mol. The van der Waals surface area contributed by atoms with E-state index in [1.54, 1.807) is 0 Å². The Hall–Kier alpha value is -2.14. The van der Waals surface area contributed by atoms with Gasteiger partial charge in [0.15, 0.2) is 5.96 Å². The van der Waals surface area contributed by atoms with Crippen LogP contribution in [0.4, 0.5) is 0 Å². The van der Waals surface area contributed by atoms with E-state index in [2.05, 4.69) is 52.7 Å². The lowest BCUT2D eigenvalue weighted by Gasteiger charge is -2.24. The summed E-state index contributed by atoms with van der Waals surface area (Å²) in [6.07, 6.45) is 7.32. The van der Waals surface area contributed by atoms with E-state index in [-0.39, 0.29) is 0 Å². The van der Waals surface area contributed by atoms with Crippen LogP contribution in [-0.4, -0.2) is 48.6 Å². The first-order valence-electron chi connectivity index (χ1n) is 9.83. The lowest BCUT2D eigenvalue weighted by atomic mass is 10.1. The second-order valence-electron chi connectivity index (χ2n) is 7.03. The van der Waals surface area contributed by atoms with Gasteiger partial charge in [0.05, 0.1) is 12.1 Å². The van der Waals surface area contributed by atoms with Crippen LogP contribution in [0, 0.1) is 0 Å². The summed E-state index contributed by atoms with van der Waals surface area (Å²) >= 11 is 0. The molecule has 1 heterocycles. The number of hydrogen-bond donors (Lipinski definition) is 2. The Balaban J connectivity index is 1.57. The third kappa shape index (κ3) is 4.94. The maximum Gasteiger partial charge on any atom is 0.191 e. The van der Waals surface area contributed by atoms with Gasteiger partial charge in [-0.3, -0.25) is 4.98 Å². The summed E-state index contributed by atoms with van der Waals surface area (Å²) in [5, 5.41) is 8.00. The van der Waals surface area contributed by atoms with Gasteiger partial charge in [-0.2, -0.15) is 0 Å². The molecule has 0 atom stereocenters. The van der Waals surface area contributed by atoms with Crippen LogP contribution in [0.15, 0.2) is 41.5 Å². The van der Waals surface area contributed by atoms with Crippen molar-refractivity contribution >= 4 is 16.9 Å². The summed E-state index contributed by atoms with van der Waals surface area (Å²) in [5.41, 5.74) is 2.23. The number of aromatic nitrogens is 1. The minimum atomic E-state index is 0.650. The van der Waals surface area contributed by atoms with Crippen molar-refractivity contribution in [3.8, 4) is 0 Å². The highest BCUT2D eigenvalue weighted by molar-refractivity contribution is 5.83. The molecule has 1 aliphatic carbocycles. The number of benzene rings is 1. The molecule has 0 radical (unpaired) electrons. The molecule has 26 heavy (non-hydrogen) atoms. The first-order chi connectivity index (χ1) is 12.8. The molecule has 0 spiro atoms. The van der Waals surface area contributed by atoms with Crippen molar-refractivity contribution in [1.82, 2.24) is 20.5 Å². The fourth-order valence-electron chi connectivity index (χ4n) is 3.68. The Labute approximate surface area is 156 Å². The molecule has 0 bridgehead atoms. The van der Waals surface area contributed by atoms with Crippen molar-refractivity contribution in [1.29, 1.82) is 0 Å². The van der Waals surface area contributed by atoms with Crippen molar-refractivity contribution in [3.63, 3.8) is 0 Å². The molecule has 3 rings (SSSR count). The molecule has 140 valence electrons. The lowest BCUT2D eigenvalue weighted by molar-refractivity contribution is 0.249. The van der Waals surface area contributed by atoms with Gasteiger partial charge in [-0.25, -0.2) is 4.99 Å². The molecule has 0 aliphatic heterocycles. The summed E-state index contributed by atoms with van der Waals surface area (Å²) < 4.78 is 0. The average Bonchev–Trinajstić information content (AvgIpc) is 3.21. The highest BCUT2D eigenvalue weighted by Crippen LogP contribution is 2.21. The molecule has 5 nitrogen and oxygen atoms in total. The molecule has 0 unspecified atom stereocenters. The fraction of sp³-hybridized carbons (Fsp3) is 0.524. The quantitative estimate of drug-likeness (QED) is 0.593. The Bertz CT molecular complexity index is 716. The van der Waals surface area contributed by atoms with Crippen LogP contribution in [0.25, 0.3) is 10.9 Å². The second kappa shape index (κ2) is 9.53. The second-order valence-corrected chi connectivity index (χ2v) is 7.03. The van der Waals surface area contributed by atoms with Crippen LogP contribution in [-0.2, 0) is 6.54 Å². The van der Waals surface area contributed by atoms with E-state index < -0.39 is 0 Å². The normalized spacial score (nSPS) is 15.7. The Morgan fingerprint density at radius 2 is 2.00 bits per heavy atom. The molecular weight excluding hydrogens is 322 g/mol. The molecule has 1 aromatic heterocycles. The van der Waals surface area contributed by atoms with Gasteiger partial charge in [0, 0.05) is 37.3 Å². The number of para-hydroxylation sites is 1. The summed E-state index contributed by atoms with van der Waals surface area (Å²) in [7, 11) is 2.24. The van der Waals surface area contributed by atoms with Gasteiger partial charge in [-0.1, -0.05) is 31.0 Å². The van der Waals surface area contributed by atoms with Gasteiger partial charge in [0.25, 0.3) is 0 Å². The maximum atomic E-state index is 4.78. The van der Waals surface area contributed by atoms with Crippen LogP contribution in [0.5, 0.6) is 0 Å². The van der Waals surface area contributed by atoms with E-state index in [0.29, 0.717) is 6.54 Å². The molecular formula is C21H31N5. The van der Waals surface area contributed by atoms with E-state index in [4.69, 9.17) is 4.99 Å².